The minimum atomic E-state index is 0.0774. The molecule has 4 heterocycles. The first kappa shape index (κ1) is 18.8. The SMILES string of the molecule is O=C(c1ccc(NCc2ccncc2)nc1)N1CCC(N2CCOCC2)CC1. The second-order valence-corrected chi connectivity index (χ2v) is 7.31. The van der Waals surface area contributed by atoms with Crippen molar-refractivity contribution in [1.29, 1.82) is 0 Å². The Labute approximate surface area is 165 Å². The predicted octanol–water partition coefficient (Wildman–Crippen LogP) is 2.03. The van der Waals surface area contributed by atoms with E-state index in [4.69, 9.17) is 4.74 Å². The van der Waals surface area contributed by atoms with Gasteiger partial charge < -0.3 is 15.0 Å². The van der Waals surface area contributed by atoms with E-state index in [1.54, 1.807) is 18.6 Å². The van der Waals surface area contributed by atoms with Crippen LogP contribution in [0.3, 0.4) is 0 Å². The van der Waals surface area contributed by atoms with E-state index < -0.39 is 0 Å². The molecular formula is C21H27N5O2. The van der Waals surface area contributed by atoms with Crippen LogP contribution in [-0.2, 0) is 11.3 Å². The maximum absolute atomic E-state index is 12.8. The topological polar surface area (TPSA) is 70.6 Å². The molecule has 2 aromatic heterocycles. The molecule has 0 bridgehead atoms. The van der Waals surface area contributed by atoms with Crippen molar-refractivity contribution in [3.8, 4) is 0 Å². The molecule has 0 aromatic carbocycles. The Morgan fingerprint density at radius 2 is 1.82 bits per heavy atom. The highest BCUT2D eigenvalue weighted by molar-refractivity contribution is 5.94. The summed E-state index contributed by atoms with van der Waals surface area (Å²) in [4.78, 5) is 25.7. The molecule has 2 aromatic rings. The lowest BCUT2D eigenvalue weighted by Crippen LogP contribution is -2.50. The number of amides is 1. The molecule has 2 aliphatic rings. The number of piperidine rings is 1. The fourth-order valence-electron chi connectivity index (χ4n) is 3.88. The Morgan fingerprint density at radius 1 is 1.07 bits per heavy atom. The molecule has 0 aliphatic carbocycles. The smallest absolute Gasteiger partial charge is 0.255 e. The molecule has 0 spiro atoms. The summed E-state index contributed by atoms with van der Waals surface area (Å²) in [5.74, 6) is 0.841. The highest BCUT2D eigenvalue weighted by Crippen LogP contribution is 2.19. The van der Waals surface area contributed by atoms with Gasteiger partial charge in [-0.15, -0.1) is 0 Å². The number of carbonyl (C=O) groups excluding carboxylic acids is 1. The van der Waals surface area contributed by atoms with Gasteiger partial charge in [0.25, 0.3) is 5.91 Å². The number of hydrogen-bond acceptors (Lipinski definition) is 6. The van der Waals surface area contributed by atoms with Crippen molar-refractivity contribution in [1.82, 2.24) is 19.8 Å². The van der Waals surface area contributed by atoms with Crippen LogP contribution in [0.25, 0.3) is 0 Å². The highest BCUT2D eigenvalue weighted by atomic mass is 16.5. The van der Waals surface area contributed by atoms with Gasteiger partial charge >= 0.3 is 0 Å². The van der Waals surface area contributed by atoms with Crippen molar-refractivity contribution in [2.24, 2.45) is 0 Å². The van der Waals surface area contributed by atoms with Crippen LogP contribution in [0.15, 0.2) is 42.9 Å². The molecule has 2 fully saturated rings. The average molecular weight is 381 g/mol. The lowest BCUT2D eigenvalue weighted by atomic mass is 10.0. The number of morpholine rings is 1. The van der Waals surface area contributed by atoms with Crippen LogP contribution in [0, 0.1) is 0 Å². The third-order valence-corrected chi connectivity index (χ3v) is 5.55. The van der Waals surface area contributed by atoms with Gasteiger partial charge in [-0.2, -0.15) is 0 Å². The van der Waals surface area contributed by atoms with Crippen LogP contribution in [-0.4, -0.2) is 71.1 Å². The van der Waals surface area contributed by atoms with E-state index in [2.05, 4.69) is 20.2 Å². The summed E-state index contributed by atoms with van der Waals surface area (Å²) in [6.45, 7) is 5.97. The van der Waals surface area contributed by atoms with E-state index in [0.29, 0.717) is 18.2 Å². The summed E-state index contributed by atoms with van der Waals surface area (Å²) >= 11 is 0. The van der Waals surface area contributed by atoms with Crippen LogP contribution < -0.4 is 5.32 Å². The summed E-state index contributed by atoms with van der Waals surface area (Å²) in [6.07, 6.45) is 7.28. The van der Waals surface area contributed by atoms with Crippen molar-refractivity contribution in [3.63, 3.8) is 0 Å². The number of nitrogens with one attached hydrogen (secondary N) is 1. The summed E-state index contributed by atoms with van der Waals surface area (Å²) in [5, 5.41) is 3.27. The van der Waals surface area contributed by atoms with E-state index in [1.165, 1.54) is 0 Å². The molecule has 1 amide bonds. The summed E-state index contributed by atoms with van der Waals surface area (Å²) in [6, 6.07) is 8.23. The first-order chi connectivity index (χ1) is 13.8. The van der Waals surface area contributed by atoms with Crippen molar-refractivity contribution < 1.29 is 9.53 Å². The van der Waals surface area contributed by atoms with Crippen molar-refractivity contribution >= 4 is 11.7 Å². The van der Waals surface area contributed by atoms with E-state index in [1.807, 2.05) is 29.2 Å². The molecule has 0 saturated carbocycles. The molecule has 7 heteroatoms. The van der Waals surface area contributed by atoms with Crippen LogP contribution in [0.2, 0.25) is 0 Å². The number of nitrogens with zero attached hydrogens (tertiary/aromatic N) is 4. The molecule has 148 valence electrons. The number of likely N-dealkylation sites (tertiary alicyclic amines) is 1. The molecule has 2 saturated heterocycles. The largest absolute Gasteiger partial charge is 0.379 e. The van der Waals surface area contributed by atoms with E-state index in [-0.39, 0.29) is 5.91 Å². The van der Waals surface area contributed by atoms with Crippen molar-refractivity contribution in [2.75, 3.05) is 44.7 Å². The minimum absolute atomic E-state index is 0.0774. The summed E-state index contributed by atoms with van der Waals surface area (Å²) in [5.41, 5.74) is 1.79. The number of ether oxygens (including phenoxy) is 1. The van der Waals surface area contributed by atoms with Gasteiger partial charge in [0.1, 0.15) is 5.82 Å². The number of hydrogen-bond donors (Lipinski definition) is 1. The van der Waals surface area contributed by atoms with Gasteiger partial charge in [0.15, 0.2) is 0 Å². The van der Waals surface area contributed by atoms with Crippen molar-refractivity contribution in [3.05, 3.63) is 54.0 Å². The fourth-order valence-corrected chi connectivity index (χ4v) is 3.88. The molecule has 28 heavy (non-hydrogen) atoms. The molecule has 1 N–H and O–H groups in total. The molecule has 0 unspecified atom stereocenters. The van der Waals surface area contributed by atoms with Gasteiger partial charge in [0, 0.05) is 57.4 Å². The zero-order valence-electron chi connectivity index (χ0n) is 16.1. The average Bonchev–Trinajstić information content (AvgIpc) is 2.79. The Hall–Kier alpha value is -2.51. The number of pyridine rings is 2. The normalized spacial score (nSPS) is 18.8. The lowest BCUT2D eigenvalue weighted by Gasteiger charge is -2.40. The van der Waals surface area contributed by atoms with Crippen LogP contribution in [0.4, 0.5) is 5.82 Å². The molecule has 2 aliphatic heterocycles. The number of aromatic nitrogens is 2. The quantitative estimate of drug-likeness (QED) is 0.855. The van der Waals surface area contributed by atoms with Crippen LogP contribution in [0.5, 0.6) is 0 Å². The van der Waals surface area contributed by atoms with E-state index >= 15 is 0 Å². The first-order valence-corrected chi connectivity index (χ1v) is 9.99. The van der Waals surface area contributed by atoms with Gasteiger partial charge in [-0.3, -0.25) is 14.7 Å². The maximum atomic E-state index is 12.8. The zero-order valence-corrected chi connectivity index (χ0v) is 16.1. The first-order valence-electron chi connectivity index (χ1n) is 9.99. The zero-order chi connectivity index (χ0) is 19.2. The van der Waals surface area contributed by atoms with E-state index in [0.717, 1.165) is 63.6 Å². The number of rotatable bonds is 5. The molecular weight excluding hydrogens is 354 g/mol. The van der Waals surface area contributed by atoms with Crippen LogP contribution >= 0.6 is 0 Å². The third kappa shape index (κ3) is 4.66. The second kappa shape index (κ2) is 9.12. The monoisotopic (exact) mass is 381 g/mol. The predicted molar refractivity (Wildman–Crippen MR) is 107 cm³/mol. The van der Waals surface area contributed by atoms with Gasteiger partial charge in [0.2, 0.25) is 0 Å². The Kier molecular flexibility index (Phi) is 6.14. The third-order valence-electron chi connectivity index (χ3n) is 5.55. The van der Waals surface area contributed by atoms with Gasteiger partial charge in [-0.25, -0.2) is 4.98 Å². The summed E-state index contributed by atoms with van der Waals surface area (Å²) in [7, 11) is 0. The van der Waals surface area contributed by atoms with Gasteiger partial charge in [-0.05, 0) is 42.7 Å². The maximum Gasteiger partial charge on any atom is 0.255 e. The fraction of sp³-hybridized carbons (Fsp3) is 0.476. The minimum Gasteiger partial charge on any atom is -0.379 e. The van der Waals surface area contributed by atoms with Crippen molar-refractivity contribution in [2.45, 2.75) is 25.4 Å². The second-order valence-electron chi connectivity index (χ2n) is 7.31. The Bertz CT molecular complexity index is 754. The standard InChI is InChI=1S/C21H27N5O2/c27-21(26-9-5-19(6-10-26)25-11-13-28-14-12-25)18-1-2-20(24-16-18)23-15-17-3-7-22-8-4-17/h1-4,7-8,16,19H,5-6,9-15H2,(H,23,24). The molecule has 0 radical (unpaired) electrons. The Balaban J connectivity index is 1.27. The Morgan fingerprint density at radius 3 is 2.50 bits per heavy atom. The summed E-state index contributed by atoms with van der Waals surface area (Å²) < 4.78 is 5.44. The molecule has 4 rings (SSSR count). The molecule has 7 nitrogen and oxygen atoms in total. The van der Waals surface area contributed by atoms with E-state index in [9.17, 15) is 4.79 Å². The number of anilines is 1. The lowest BCUT2D eigenvalue weighted by molar-refractivity contribution is 0.00158. The molecule has 0 atom stereocenters. The number of carbonyl (C=O) groups is 1. The van der Waals surface area contributed by atoms with Crippen LogP contribution in [0.1, 0.15) is 28.8 Å². The highest BCUT2D eigenvalue weighted by Gasteiger charge is 2.28. The van der Waals surface area contributed by atoms with Gasteiger partial charge in [-0.1, -0.05) is 0 Å². The van der Waals surface area contributed by atoms with Gasteiger partial charge in [0.05, 0.1) is 18.8 Å².